The average molecular weight is 481 g/mol. The van der Waals surface area contributed by atoms with Crippen LogP contribution in [-0.4, -0.2) is 65.2 Å². The largest absolute Gasteiger partial charge is 0.492 e. The lowest BCUT2D eigenvalue weighted by Gasteiger charge is -2.39. The number of hydrogen-bond donors (Lipinski definition) is 2. The molecule has 2 N–H and O–H groups in total. The summed E-state index contributed by atoms with van der Waals surface area (Å²) in [6, 6.07) is 12.6. The third kappa shape index (κ3) is 4.34. The maximum Gasteiger partial charge on any atom is 0.254 e. The minimum absolute atomic E-state index is 0.130. The first kappa shape index (κ1) is 22.7. The highest BCUT2D eigenvalue weighted by Gasteiger charge is 2.39. The molecule has 3 heterocycles. The Morgan fingerprint density at radius 3 is 2.76 bits per heavy atom. The first-order valence-electron chi connectivity index (χ1n) is 11.4. The number of halogens is 1. The van der Waals surface area contributed by atoms with Crippen molar-refractivity contribution in [2.75, 3.05) is 26.2 Å². The van der Waals surface area contributed by atoms with E-state index in [2.05, 4.69) is 16.3 Å². The van der Waals surface area contributed by atoms with E-state index >= 15 is 0 Å². The molecule has 8 nitrogen and oxygen atoms in total. The van der Waals surface area contributed by atoms with Crippen molar-refractivity contribution < 1.29 is 19.4 Å². The fraction of sp³-hybridized carbons (Fsp3) is 0.400. The summed E-state index contributed by atoms with van der Waals surface area (Å²) in [6.45, 7) is 3.48. The highest BCUT2D eigenvalue weighted by atomic mass is 35.5. The Kier molecular flexibility index (Phi) is 6.17. The summed E-state index contributed by atoms with van der Waals surface area (Å²) in [5, 5.41) is 22.3. The summed E-state index contributed by atoms with van der Waals surface area (Å²) >= 11 is 6.32. The molecule has 0 aliphatic carbocycles. The molecule has 0 spiro atoms. The van der Waals surface area contributed by atoms with Crippen LogP contribution < -0.4 is 10.1 Å². The molecule has 0 bridgehead atoms. The van der Waals surface area contributed by atoms with E-state index in [-0.39, 0.29) is 11.8 Å². The number of benzene rings is 2. The number of likely N-dealkylation sites (tertiary alicyclic amines) is 1. The van der Waals surface area contributed by atoms with E-state index in [1.807, 2.05) is 12.1 Å². The van der Waals surface area contributed by atoms with Gasteiger partial charge in [-0.25, -0.2) is 0 Å². The quantitative estimate of drug-likeness (QED) is 0.657. The van der Waals surface area contributed by atoms with Crippen LogP contribution in [0.4, 0.5) is 0 Å². The standard InChI is InChI=1S/C25H25ClN4O4/c26-21-9-15(11-27)1-3-19(21)17-12-29(13-17)7-8-34-18-2-4-20-16(10-18)14-30(25(20)33)22-5-6-23(31)28-24(22)32/h1-4,9-10,17,22,24,32H,5-8,12-14H2,(H,28,31). The third-order valence-corrected chi connectivity index (χ3v) is 7.18. The molecular formula is C25H25ClN4O4. The van der Waals surface area contributed by atoms with Gasteiger partial charge < -0.3 is 20.1 Å². The van der Waals surface area contributed by atoms with Gasteiger partial charge in [-0.2, -0.15) is 5.26 Å². The van der Waals surface area contributed by atoms with E-state index in [1.54, 1.807) is 29.2 Å². The van der Waals surface area contributed by atoms with Gasteiger partial charge >= 0.3 is 0 Å². The van der Waals surface area contributed by atoms with Crippen molar-refractivity contribution >= 4 is 23.4 Å². The highest BCUT2D eigenvalue weighted by molar-refractivity contribution is 6.31. The molecule has 2 atom stereocenters. The van der Waals surface area contributed by atoms with Crippen LogP contribution in [0.5, 0.6) is 5.75 Å². The maximum absolute atomic E-state index is 12.8. The molecule has 2 amide bonds. The van der Waals surface area contributed by atoms with Crippen molar-refractivity contribution in [1.29, 1.82) is 5.26 Å². The molecule has 0 saturated carbocycles. The number of carbonyl (C=O) groups excluding carboxylic acids is 2. The number of aliphatic hydroxyl groups excluding tert-OH is 1. The van der Waals surface area contributed by atoms with Crippen molar-refractivity contribution in [2.45, 2.75) is 37.6 Å². The lowest BCUT2D eigenvalue weighted by molar-refractivity contribution is -0.129. The second-order valence-electron chi connectivity index (χ2n) is 9.02. The molecule has 9 heteroatoms. The number of fused-ring (bicyclic) bond motifs is 1. The van der Waals surface area contributed by atoms with Crippen molar-refractivity contribution in [3.05, 3.63) is 63.7 Å². The van der Waals surface area contributed by atoms with E-state index in [1.165, 1.54) is 0 Å². The zero-order chi connectivity index (χ0) is 23.8. The number of ether oxygens (including phenoxy) is 1. The van der Waals surface area contributed by atoms with Crippen molar-refractivity contribution in [2.24, 2.45) is 0 Å². The van der Waals surface area contributed by atoms with E-state index in [0.717, 1.165) is 30.8 Å². The molecule has 2 aromatic rings. The Balaban J connectivity index is 1.12. The van der Waals surface area contributed by atoms with Gasteiger partial charge in [0.05, 0.1) is 17.7 Å². The number of aliphatic hydroxyl groups is 1. The lowest BCUT2D eigenvalue weighted by atomic mass is 9.91. The Morgan fingerprint density at radius 2 is 2.03 bits per heavy atom. The van der Waals surface area contributed by atoms with Crippen LogP contribution in [0.3, 0.4) is 0 Å². The SMILES string of the molecule is N#Cc1ccc(C2CN(CCOc3ccc4c(c3)CN(C3CCC(=O)NC3O)C4=O)C2)c(Cl)c1. The molecular weight excluding hydrogens is 456 g/mol. The van der Waals surface area contributed by atoms with Crippen LogP contribution in [0.2, 0.25) is 5.02 Å². The molecule has 0 radical (unpaired) electrons. The topological polar surface area (TPSA) is 106 Å². The summed E-state index contributed by atoms with van der Waals surface area (Å²) in [5.74, 6) is 0.738. The van der Waals surface area contributed by atoms with Crippen molar-refractivity contribution in [1.82, 2.24) is 15.1 Å². The first-order valence-corrected chi connectivity index (χ1v) is 11.8. The highest BCUT2D eigenvalue weighted by Crippen LogP contribution is 2.33. The van der Waals surface area contributed by atoms with E-state index in [9.17, 15) is 14.7 Å². The van der Waals surface area contributed by atoms with Crippen LogP contribution in [0.25, 0.3) is 0 Å². The van der Waals surface area contributed by atoms with Gasteiger partial charge in [0.2, 0.25) is 5.91 Å². The van der Waals surface area contributed by atoms with E-state index in [4.69, 9.17) is 21.6 Å². The number of amides is 2. The summed E-state index contributed by atoms with van der Waals surface area (Å²) < 4.78 is 5.94. The zero-order valence-corrected chi connectivity index (χ0v) is 19.3. The van der Waals surface area contributed by atoms with Gasteiger partial charge in [-0.15, -0.1) is 0 Å². The van der Waals surface area contributed by atoms with Crippen LogP contribution in [0.15, 0.2) is 36.4 Å². The Morgan fingerprint density at radius 1 is 1.21 bits per heavy atom. The van der Waals surface area contributed by atoms with Gasteiger partial charge in [-0.3, -0.25) is 14.5 Å². The van der Waals surface area contributed by atoms with Crippen LogP contribution in [-0.2, 0) is 11.3 Å². The van der Waals surface area contributed by atoms with Gasteiger partial charge in [-0.05, 0) is 47.9 Å². The number of carbonyl (C=O) groups is 2. The Bertz CT molecular complexity index is 1170. The molecule has 2 saturated heterocycles. The fourth-order valence-corrected chi connectivity index (χ4v) is 5.28. The first-order chi connectivity index (χ1) is 16.4. The van der Waals surface area contributed by atoms with Crippen molar-refractivity contribution in [3.63, 3.8) is 0 Å². The summed E-state index contributed by atoms with van der Waals surface area (Å²) in [6.07, 6.45) is -0.305. The second kappa shape index (κ2) is 9.26. The van der Waals surface area contributed by atoms with Crippen LogP contribution in [0, 0.1) is 11.3 Å². The molecule has 3 aliphatic heterocycles. The fourth-order valence-electron chi connectivity index (χ4n) is 4.94. The van der Waals surface area contributed by atoms with Gasteiger partial charge in [0.1, 0.15) is 18.6 Å². The predicted molar refractivity (Wildman–Crippen MR) is 124 cm³/mol. The average Bonchev–Trinajstić information content (AvgIpc) is 3.11. The van der Waals surface area contributed by atoms with Gasteiger partial charge in [0.25, 0.3) is 5.91 Å². The third-order valence-electron chi connectivity index (χ3n) is 6.85. The predicted octanol–water partition coefficient (Wildman–Crippen LogP) is 2.24. The summed E-state index contributed by atoms with van der Waals surface area (Å²) in [5.41, 5.74) is 3.12. The Labute approximate surface area is 202 Å². The lowest BCUT2D eigenvalue weighted by Crippen LogP contribution is -2.55. The molecule has 2 aromatic carbocycles. The zero-order valence-electron chi connectivity index (χ0n) is 18.5. The molecule has 2 fully saturated rings. The molecule has 3 aliphatic rings. The maximum atomic E-state index is 12.8. The number of rotatable bonds is 6. The summed E-state index contributed by atoms with van der Waals surface area (Å²) in [7, 11) is 0. The van der Waals surface area contributed by atoms with E-state index < -0.39 is 12.3 Å². The number of piperidine rings is 1. The van der Waals surface area contributed by atoms with Crippen molar-refractivity contribution in [3.8, 4) is 11.8 Å². The molecule has 0 aromatic heterocycles. The van der Waals surface area contributed by atoms with Crippen LogP contribution in [0.1, 0.15) is 45.8 Å². The van der Waals surface area contributed by atoms with E-state index in [0.29, 0.717) is 53.8 Å². The molecule has 5 rings (SSSR count). The molecule has 176 valence electrons. The number of hydrogen-bond acceptors (Lipinski definition) is 6. The normalized spacial score (nSPS) is 22.7. The second-order valence-corrected chi connectivity index (χ2v) is 9.43. The van der Waals surface area contributed by atoms with Crippen LogP contribution >= 0.6 is 11.6 Å². The van der Waals surface area contributed by atoms with Gasteiger partial charge in [-0.1, -0.05) is 17.7 Å². The number of nitrogens with zero attached hydrogens (tertiary/aromatic N) is 3. The monoisotopic (exact) mass is 480 g/mol. The van der Waals surface area contributed by atoms with Gasteiger partial charge in [0, 0.05) is 49.1 Å². The molecule has 34 heavy (non-hydrogen) atoms. The molecule has 2 unspecified atom stereocenters. The minimum atomic E-state index is -1.05. The Hall–Kier alpha value is -3.12. The minimum Gasteiger partial charge on any atom is -0.492 e. The number of nitrogens with one attached hydrogen (secondary N) is 1. The van der Waals surface area contributed by atoms with Gasteiger partial charge in [0.15, 0.2) is 0 Å². The number of nitriles is 1. The smallest absolute Gasteiger partial charge is 0.254 e. The summed E-state index contributed by atoms with van der Waals surface area (Å²) in [4.78, 5) is 28.2.